The molecule has 1 saturated heterocycles. The number of ether oxygens (including phenoxy) is 1. The lowest BCUT2D eigenvalue weighted by Crippen LogP contribution is -2.37. The molecular weight excluding hydrogens is 312 g/mol. The molecule has 0 spiro atoms. The fourth-order valence-corrected chi connectivity index (χ4v) is 2.20. The average molecular weight is 325 g/mol. The van der Waals surface area contributed by atoms with Crippen LogP contribution in [0.2, 0.25) is 5.02 Å². The Labute approximate surface area is 131 Å². The van der Waals surface area contributed by atoms with Crippen LogP contribution < -0.4 is 0 Å². The summed E-state index contributed by atoms with van der Waals surface area (Å²) < 4.78 is 4.67. The quantitative estimate of drug-likeness (QED) is 0.461. The predicted molar refractivity (Wildman–Crippen MR) is 75.7 cm³/mol. The van der Waals surface area contributed by atoms with Crippen molar-refractivity contribution in [2.24, 2.45) is 0 Å². The van der Waals surface area contributed by atoms with Crippen LogP contribution in [0.1, 0.15) is 12.5 Å². The van der Waals surface area contributed by atoms with Gasteiger partial charge >= 0.3 is 23.8 Å². The molecule has 4 amide bonds. The van der Waals surface area contributed by atoms with E-state index in [0.717, 1.165) is 4.90 Å². The third-order valence-corrected chi connectivity index (χ3v) is 3.19. The Kier molecular flexibility index (Phi) is 4.77. The van der Waals surface area contributed by atoms with Gasteiger partial charge in [0.05, 0.1) is 13.2 Å². The highest BCUT2D eigenvalue weighted by atomic mass is 35.5. The fourth-order valence-electron chi connectivity index (χ4n) is 1.98. The summed E-state index contributed by atoms with van der Waals surface area (Å²) in [7, 11) is 0. The molecule has 116 valence electrons. The first kappa shape index (κ1) is 16.0. The number of hydrogen-bond acceptors (Lipinski definition) is 5. The van der Waals surface area contributed by atoms with Crippen LogP contribution in [-0.2, 0) is 25.7 Å². The van der Waals surface area contributed by atoms with Gasteiger partial charge in [-0.1, -0.05) is 23.7 Å². The predicted octanol–water partition coefficient (Wildman–Crippen LogP) is 1.19. The zero-order valence-corrected chi connectivity index (χ0v) is 12.5. The number of rotatable bonds is 5. The summed E-state index contributed by atoms with van der Waals surface area (Å²) in [6.45, 7) is 1.05. The summed E-state index contributed by atoms with van der Waals surface area (Å²) in [4.78, 5) is 48.5. The molecule has 0 radical (unpaired) electrons. The van der Waals surface area contributed by atoms with Crippen molar-refractivity contribution in [1.82, 2.24) is 9.80 Å². The second kappa shape index (κ2) is 6.57. The van der Waals surface area contributed by atoms with E-state index in [9.17, 15) is 19.2 Å². The maximum atomic E-state index is 12.1. The minimum atomic E-state index is -1.04. The molecule has 0 N–H and O–H groups in total. The third-order valence-electron chi connectivity index (χ3n) is 2.96. The summed E-state index contributed by atoms with van der Waals surface area (Å²) in [5, 5.41) is 0.450. The van der Waals surface area contributed by atoms with Crippen LogP contribution in [0.4, 0.5) is 4.79 Å². The average Bonchev–Trinajstić information content (AvgIpc) is 2.65. The van der Waals surface area contributed by atoms with Crippen molar-refractivity contribution >= 4 is 35.4 Å². The molecule has 7 nitrogen and oxygen atoms in total. The molecule has 0 aliphatic carbocycles. The van der Waals surface area contributed by atoms with E-state index in [2.05, 4.69) is 4.74 Å². The van der Waals surface area contributed by atoms with Crippen molar-refractivity contribution in [3.05, 3.63) is 34.9 Å². The lowest BCUT2D eigenvalue weighted by molar-refractivity contribution is -0.148. The van der Waals surface area contributed by atoms with Gasteiger partial charge < -0.3 is 4.74 Å². The van der Waals surface area contributed by atoms with Gasteiger partial charge in [-0.25, -0.2) is 9.69 Å². The smallest absolute Gasteiger partial charge is 0.335 e. The van der Waals surface area contributed by atoms with Gasteiger partial charge in [-0.2, -0.15) is 0 Å². The number of halogens is 1. The summed E-state index contributed by atoms with van der Waals surface area (Å²) >= 11 is 5.84. The van der Waals surface area contributed by atoms with Crippen LogP contribution >= 0.6 is 11.6 Å². The first-order chi connectivity index (χ1) is 10.4. The van der Waals surface area contributed by atoms with E-state index in [4.69, 9.17) is 11.6 Å². The lowest BCUT2D eigenvalue weighted by Gasteiger charge is -2.15. The molecule has 0 saturated carbocycles. The van der Waals surface area contributed by atoms with Crippen LogP contribution in [0, 0.1) is 0 Å². The summed E-state index contributed by atoms with van der Waals surface area (Å²) in [5.74, 6) is -2.77. The highest BCUT2D eigenvalue weighted by Crippen LogP contribution is 2.18. The normalized spacial score (nSPS) is 14.7. The molecule has 1 aromatic carbocycles. The summed E-state index contributed by atoms with van der Waals surface area (Å²) in [5.41, 5.74) is 0.597. The number of urea groups is 1. The Balaban J connectivity index is 2.13. The Morgan fingerprint density at radius 1 is 1.18 bits per heavy atom. The number of carbonyl (C=O) groups excluding carboxylic acids is 4. The number of esters is 1. The zero-order valence-electron chi connectivity index (χ0n) is 11.7. The number of amides is 4. The van der Waals surface area contributed by atoms with Crippen LogP contribution in [0.15, 0.2) is 24.3 Å². The molecule has 0 bridgehead atoms. The minimum Gasteiger partial charge on any atom is -0.465 e. The van der Waals surface area contributed by atoms with Crippen LogP contribution in [-0.4, -0.2) is 46.8 Å². The molecule has 0 aromatic heterocycles. The molecule has 1 aliphatic heterocycles. The molecule has 1 aromatic rings. The number of carbonyl (C=O) groups is 4. The second-order valence-corrected chi connectivity index (χ2v) is 4.94. The molecule has 1 heterocycles. The molecule has 8 heteroatoms. The van der Waals surface area contributed by atoms with Crippen molar-refractivity contribution in [1.29, 1.82) is 0 Å². The van der Waals surface area contributed by atoms with Gasteiger partial charge in [-0.05, 0) is 24.6 Å². The fraction of sp³-hybridized carbons (Fsp3) is 0.286. The number of nitrogens with zero attached hydrogens (tertiary/aromatic N) is 2. The second-order valence-electron chi connectivity index (χ2n) is 4.50. The van der Waals surface area contributed by atoms with Crippen molar-refractivity contribution in [3.8, 4) is 0 Å². The molecule has 1 aliphatic rings. The van der Waals surface area contributed by atoms with E-state index in [1.807, 2.05) is 0 Å². The van der Waals surface area contributed by atoms with Crippen LogP contribution in [0.25, 0.3) is 0 Å². The van der Waals surface area contributed by atoms with Gasteiger partial charge in [0, 0.05) is 5.02 Å². The summed E-state index contributed by atoms with van der Waals surface area (Å²) in [6, 6.07) is 5.73. The van der Waals surface area contributed by atoms with E-state index in [-0.39, 0.29) is 13.2 Å². The largest absolute Gasteiger partial charge is 0.465 e. The molecule has 0 unspecified atom stereocenters. The van der Waals surface area contributed by atoms with E-state index >= 15 is 0 Å². The molecule has 22 heavy (non-hydrogen) atoms. The molecule has 0 atom stereocenters. The molecular formula is C14H13ClN2O5. The first-order valence-corrected chi connectivity index (χ1v) is 6.89. The topological polar surface area (TPSA) is 84.0 Å². The highest BCUT2D eigenvalue weighted by Gasteiger charge is 2.45. The standard InChI is InChI=1S/C14H13ClN2O5/c1-2-22-11(18)8-17-13(20)12(19)16(14(17)21)7-9-4-3-5-10(15)6-9/h3-6H,2,7-8H2,1H3. The van der Waals surface area contributed by atoms with Gasteiger partial charge in [0.1, 0.15) is 6.54 Å². The van der Waals surface area contributed by atoms with E-state index in [1.165, 1.54) is 0 Å². The van der Waals surface area contributed by atoms with Crippen molar-refractivity contribution in [2.45, 2.75) is 13.5 Å². The lowest BCUT2D eigenvalue weighted by atomic mass is 10.2. The molecule has 1 fully saturated rings. The highest BCUT2D eigenvalue weighted by molar-refractivity contribution is 6.44. The number of benzene rings is 1. The van der Waals surface area contributed by atoms with Gasteiger partial charge in [0.2, 0.25) is 0 Å². The van der Waals surface area contributed by atoms with Crippen LogP contribution in [0.3, 0.4) is 0 Å². The Morgan fingerprint density at radius 2 is 1.86 bits per heavy atom. The maximum Gasteiger partial charge on any atom is 0.335 e. The Hall–Kier alpha value is -2.41. The van der Waals surface area contributed by atoms with Gasteiger partial charge in [-0.3, -0.25) is 19.3 Å². The Bertz CT molecular complexity index is 646. The summed E-state index contributed by atoms with van der Waals surface area (Å²) in [6.07, 6.45) is 0. The van der Waals surface area contributed by atoms with Gasteiger partial charge in [0.25, 0.3) is 0 Å². The van der Waals surface area contributed by atoms with Gasteiger partial charge in [-0.15, -0.1) is 0 Å². The Morgan fingerprint density at radius 3 is 2.50 bits per heavy atom. The number of hydrogen-bond donors (Lipinski definition) is 0. The SMILES string of the molecule is CCOC(=O)CN1C(=O)C(=O)N(Cc2cccc(Cl)c2)C1=O. The number of imide groups is 2. The van der Waals surface area contributed by atoms with E-state index < -0.39 is 30.4 Å². The third kappa shape index (κ3) is 3.25. The van der Waals surface area contributed by atoms with E-state index in [0.29, 0.717) is 15.5 Å². The van der Waals surface area contributed by atoms with Crippen molar-refractivity contribution in [3.63, 3.8) is 0 Å². The van der Waals surface area contributed by atoms with Crippen molar-refractivity contribution in [2.75, 3.05) is 13.2 Å². The van der Waals surface area contributed by atoms with Crippen molar-refractivity contribution < 1.29 is 23.9 Å². The van der Waals surface area contributed by atoms with Crippen LogP contribution in [0.5, 0.6) is 0 Å². The minimum absolute atomic E-state index is 0.0940. The molecule has 2 rings (SSSR count). The maximum absolute atomic E-state index is 12.1. The zero-order chi connectivity index (χ0) is 16.3. The van der Waals surface area contributed by atoms with Gasteiger partial charge in [0.15, 0.2) is 0 Å². The monoisotopic (exact) mass is 324 g/mol. The first-order valence-electron chi connectivity index (χ1n) is 6.51. The van der Waals surface area contributed by atoms with E-state index in [1.54, 1.807) is 31.2 Å².